The van der Waals surface area contributed by atoms with E-state index < -0.39 is 5.97 Å². The summed E-state index contributed by atoms with van der Waals surface area (Å²) >= 11 is 0. The number of pyridine rings is 1. The van der Waals surface area contributed by atoms with Gasteiger partial charge in [0.1, 0.15) is 5.52 Å². The van der Waals surface area contributed by atoms with E-state index in [2.05, 4.69) is 4.98 Å². The molecule has 1 aromatic carbocycles. The highest BCUT2D eigenvalue weighted by Crippen LogP contribution is 2.20. The number of carbonyl (C=O) groups excluding carboxylic acids is 1. The minimum atomic E-state index is -0.875. The van der Waals surface area contributed by atoms with Crippen LogP contribution in [0.2, 0.25) is 0 Å². The van der Waals surface area contributed by atoms with Crippen molar-refractivity contribution in [2.75, 3.05) is 6.54 Å². The molecule has 0 saturated heterocycles. The average molecular weight is 352 g/mol. The van der Waals surface area contributed by atoms with E-state index in [9.17, 15) is 9.59 Å². The van der Waals surface area contributed by atoms with Gasteiger partial charge in [-0.3, -0.25) is 9.59 Å². The summed E-state index contributed by atoms with van der Waals surface area (Å²) in [6.07, 6.45) is 0.394. The Morgan fingerprint density at radius 1 is 1.15 bits per heavy atom. The second-order valence-electron chi connectivity index (χ2n) is 6.16. The van der Waals surface area contributed by atoms with Gasteiger partial charge in [0.15, 0.2) is 11.3 Å². The van der Waals surface area contributed by atoms with Crippen LogP contribution < -0.4 is 0 Å². The summed E-state index contributed by atoms with van der Waals surface area (Å²) in [5.41, 5.74) is 3.02. The third-order valence-corrected chi connectivity index (χ3v) is 4.05. The molecule has 0 unspecified atom stereocenters. The number of benzene rings is 1. The summed E-state index contributed by atoms with van der Waals surface area (Å²) in [4.78, 5) is 29.7. The molecule has 0 aliphatic heterocycles. The van der Waals surface area contributed by atoms with E-state index in [0.29, 0.717) is 30.6 Å². The molecule has 0 aliphatic rings. The molecule has 0 spiro atoms. The molecule has 1 N–H and O–H groups in total. The van der Waals surface area contributed by atoms with Gasteiger partial charge >= 0.3 is 5.97 Å². The van der Waals surface area contributed by atoms with Gasteiger partial charge in [-0.1, -0.05) is 30.3 Å². The molecular weight excluding hydrogens is 332 g/mol. The van der Waals surface area contributed by atoms with Crippen molar-refractivity contribution >= 4 is 23.0 Å². The third-order valence-electron chi connectivity index (χ3n) is 4.05. The third kappa shape index (κ3) is 4.27. The molecule has 0 radical (unpaired) electrons. The van der Waals surface area contributed by atoms with Crippen LogP contribution in [0.25, 0.3) is 11.1 Å². The molecule has 2 heterocycles. The lowest BCUT2D eigenvalue weighted by Crippen LogP contribution is -2.31. The molecule has 3 aromatic rings. The summed E-state index contributed by atoms with van der Waals surface area (Å²) in [5.74, 6) is -0.931. The van der Waals surface area contributed by atoms with Gasteiger partial charge in [-0.15, -0.1) is 0 Å². The zero-order chi connectivity index (χ0) is 18.5. The Balaban J connectivity index is 1.82. The average Bonchev–Trinajstić information content (AvgIpc) is 3.04. The fraction of sp³-hybridized carbons (Fsp3) is 0.250. The van der Waals surface area contributed by atoms with Gasteiger partial charge in [0.2, 0.25) is 0 Å². The number of aromatic nitrogens is 1. The van der Waals surface area contributed by atoms with Gasteiger partial charge in [-0.05, 0) is 31.0 Å². The Hall–Kier alpha value is -3.15. The Bertz CT molecular complexity index is 918. The van der Waals surface area contributed by atoms with Gasteiger partial charge in [0, 0.05) is 31.3 Å². The summed E-state index contributed by atoms with van der Waals surface area (Å²) in [6, 6.07) is 14.8. The molecule has 134 valence electrons. The number of carboxylic acids is 1. The Labute approximate surface area is 151 Å². The Morgan fingerprint density at radius 3 is 2.65 bits per heavy atom. The number of hydrogen-bond donors (Lipinski definition) is 1. The maximum Gasteiger partial charge on any atom is 0.303 e. The molecule has 0 saturated carbocycles. The number of aryl methyl sites for hydroxylation is 1. The van der Waals surface area contributed by atoms with Gasteiger partial charge in [0.25, 0.3) is 5.91 Å². The first kappa shape index (κ1) is 17.7. The highest BCUT2D eigenvalue weighted by Gasteiger charge is 2.21. The summed E-state index contributed by atoms with van der Waals surface area (Å²) in [7, 11) is 0. The zero-order valence-electron chi connectivity index (χ0n) is 14.5. The van der Waals surface area contributed by atoms with Crippen molar-refractivity contribution in [3.8, 4) is 0 Å². The van der Waals surface area contributed by atoms with Crippen LogP contribution in [0.5, 0.6) is 0 Å². The van der Waals surface area contributed by atoms with Crippen molar-refractivity contribution in [2.24, 2.45) is 0 Å². The smallest absolute Gasteiger partial charge is 0.303 e. The van der Waals surface area contributed by atoms with E-state index in [-0.39, 0.29) is 18.1 Å². The maximum atomic E-state index is 12.9. The lowest BCUT2D eigenvalue weighted by molar-refractivity contribution is -0.137. The molecular formula is C20H20N2O4. The van der Waals surface area contributed by atoms with Crippen molar-refractivity contribution < 1.29 is 19.1 Å². The largest absolute Gasteiger partial charge is 0.481 e. The first-order valence-corrected chi connectivity index (χ1v) is 8.45. The van der Waals surface area contributed by atoms with Gasteiger partial charge < -0.3 is 14.4 Å². The highest BCUT2D eigenvalue weighted by atomic mass is 16.4. The van der Waals surface area contributed by atoms with Crippen molar-refractivity contribution in [1.82, 2.24) is 9.88 Å². The minimum Gasteiger partial charge on any atom is -0.481 e. The second kappa shape index (κ2) is 7.82. The van der Waals surface area contributed by atoms with Crippen LogP contribution >= 0.6 is 0 Å². The number of rotatable bonds is 7. The van der Waals surface area contributed by atoms with Crippen LogP contribution in [0.15, 0.2) is 52.9 Å². The second-order valence-corrected chi connectivity index (χ2v) is 6.16. The number of furan rings is 1. The zero-order valence-corrected chi connectivity index (χ0v) is 14.5. The lowest BCUT2D eigenvalue weighted by atomic mass is 10.2. The van der Waals surface area contributed by atoms with E-state index in [1.807, 2.05) is 43.3 Å². The molecule has 0 aliphatic carbocycles. The van der Waals surface area contributed by atoms with E-state index in [4.69, 9.17) is 9.52 Å². The number of carbonyl (C=O) groups is 2. The molecule has 6 nitrogen and oxygen atoms in total. The van der Waals surface area contributed by atoms with Gasteiger partial charge in [-0.2, -0.15) is 0 Å². The highest BCUT2D eigenvalue weighted by molar-refractivity contribution is 5.95. The SMILES string of the molecule is Cc1ccc2oc(C(=O)N(CCCC(=O)O)Cc3ccccc3)cc2n1. The van der Waals surface area contributed by atoms with Crippen molar-refractivity contribution in [1.29, 1.82) is 0 Å². The number of carboxylic acid groups (broad SMARTS) is 1. The Kier molecular flexibility index (Phi) is 5.31. The number of aliphatic carboxylic acids is 1. The predicted molar refractivity (Wildman–Crippen MR) is 96.8 cm³/mol. The molecule has 1 amide bonds. The molecule has 3 rings (SSSR count). The fourth-order valence-corrected chi connectivity index (χ4v) is 2.76. The van der Waals surface area contributed by atoms with Gasteiger partial charge in [0.05, 0.1) is 0 Å². The number of fused-ring (bicyclic) bond motifs is 1. The quantitative estimate of drug-likeness (QED) is 0.702. The molecule has 6 heteroatoms. The lowest BCUT2D eigenvalue weighted by Gasteiger charge is -2.21. The molecule has 26 heavy (non-hydrogen) atoms. The van der Waals surface area contributed by atoms with Crippen LogP contribution in [-0.4, -0.2) is 33.4 Å². The standard InChI is InChI=1S/C20H20N2O4/c1-14-9-10-17-16(21-14)12-18(26-17)20(25)22(11-5-8-19(23)24)13-15-6-3-2-4-7-15/h2-4,6-7,9-10,12H,5,8,11,13H2,1H3,(H,23,24). The van der Waals surface area contributed by atoms with Crippen LogP contribution in [0.4, 0.5) is 0 Å². The van der Waals surface area contributed by atoms with Crippen LogP contribution in [0, 0.1) is 6.92 Å². The first-order chi connectivity index (χ1) is 12.5. The normalized spacial score (nSPS) is 10.8. The van der Waals surface area contributed by atoms with Crippen LogP contribution in [0.3, 0.4) is 0 Å². The number of hydrogen-bond acceptors (Lipinski definition) is 4. The minimum absolute atomic E-state index is 0.0133. The molecule has 2 aromatic heterocycles. The van der Waals surface area contributed by atoms with E-state index >= 15 is 0 Å². The summed E-state index contributed by atoms with van der Waals surface area (Å²) < 4.78 is 5.66. The fourth-order valence-electron chi connectivity index (χ4n) is 2.76. The van der Waals surface area contributed by atoms with Crippen molar-refractivity contribution in [3.05, 3.63) is 65.5 Å². The Morgan fingerprint density at radius 2 is 1.92 bits per heavy atom. The molecule has 0 atom stereocenters. The van der Waals surface area contributed by atoms with Crippen molar-refractivity contribution in [3.63, 3.8) is 0 Å². The predicted octanol–water partition coefficient (Wildman–Crippen LogP) is 3.64. The van der Waals surface area contributed by atoms with Crippen molar-refractivity contribution in [2.45, 2.75) is 26.3 Å². The number of nitrogens with zero attached hydrogens (tertiary/aromatic N) is 2. The van der Waals surface area contributed by atoms with Crippen LogP contribution in [0.1, 0.15) is 34.7 Å². The van der Waals surface area contributed by atoms with E-state index in [1.54, 1.807) is 17.0 Å². The summed E-state index contributed by atoms with van der Waals surface area (Å²) in [5, 5.41) is 8.86. The topological polar surface area (TPSA) is 83.6 Å². The van der Waals surface area contributed by atoms with E-state index in [0.717, 1.165) is 11.3 Å². The summed E-state index contributed by atoms with van der Waals surface area (Å²) in [6.45, 7) is 2.61. The maximum absolute atomic E-state index is 12.9. The van der Waals surface area contributed by atoms with Crippen LogP contribution in [-0.2, 0) is 11.3 Å². The monoisotopic (exact) mass is 352 g/mol. The molecule has 0 bridgehead atoms. The van der Waals surface area contributed by atoms with Gasteiger partial charge in [-0.25, -0.2) is 4.98 Å². The first-order valence-electron chi connectivity index (χ1n) is 8.45. The molecule has 0 fully saturated rings. The van der Waals surface area contributed by atoms with E-state index in [1.165, 1.54) is 0 Å². The number of amides is 1.